The Morgan fingerprint density at radius 1 is 1.30 bits per heavy atom. The molecular formula is C11H15N7O2. The van der Waals surface area contributed by atoms with Crippen LogP contribution in [0.15, 0.2) is 18.7 Å². The standard InChI is InChI=1S/C11H15N7O2/c12-17-9-14-10(18-4-3-13-7-18)16-11(15-9)20-8-1-5-19-6-2-8/h3-4,7-8H,1-2,5-6,12H2,(H,14,15,16,17). The van der Waals surface area contributed by atoms with Gasteiger partial charge in [-0.1, -0.05) is 0 Å². The quantitative estimate of drug-likeness (QED) is 0.588. The van der Waals surface area contributed by atoms with Crippen LogP contribution in [0.1, 0.15) is 12.8 Å². The fraction of sp³-hybridized carbons (Fsp3) is 0.455. The largest absolute Gasteiger partial charge is 0.460 e. The molecule has 0 amide bonds. The Morgan fingerprint density at radius 2 is 2.15 bits per heavy atom. The highest BCUT2D eigenvalue weighted by molar-refractivity contribution is 5.28. The minimum absolute atomic E-state index is 0.0485. The molecule has 3 heterocycles. The second-order valence-corrected chi connectivity index (χ2v) is 4.29. The lowest BCUT2D eigenvalue weighted by Crippen LogP contribution is -2.27. The molecule has 1 aliphatic rings. The summed E-state index contributed by atoms with van der Waals surface area (Å²) in [5.41, 5.74) is 2.41. The van der Waals surface area contributed by atoms with Gasteiger partial charge in [0, 0.05) is 25.2 Å². The molecule has 0 spiro atoms. The molecule has 0 aliphatic carbocycles. The normalized spacial score (nSPS) is 16.1. The minimum Gasteiger partial charge on any atom is -0.460 e. The van der Waals surface area contributed by atoms with E-state index in [9.17, 15) is 0 Å². The summed E-state index contributed by atoms with van der Waals surface area (Å²) in [5.74, 6) is 6.01. The van der Waals surface area contributed by atoms with Crippen molar-refractivity contribution < 1.29 is 9.47 Å². The van der Waals surface area contributed by atoms with Gasteiger partial charge >= 0.3 is 6.01 Å². The molecule has 20 heavy (non-hydrogen) atoms. The topological polar surface area (TPSA) is 113 Å². The molecule has 106 valence electrons. The molecule has 2 aromatic heterocycles. The van der Waals surface area contributed by atoms with Crippen LogP contribution in [0.2, 0.25) is 0 Å². The number of hydrogen-bond acceptors (Lipinski definition) is 8. The third-order valence-corrected chi connectivity index (χ3v) is 2.91. The average Bonchev–Trinajstić information content (AvgIpc) is 3.02. The molecule has 0 saturated carbocycles. The van der Waals surface area contributed by atoms with Crippen molar-refractivity contribution in [2.75, 3.05) is 18.6 Å². The van der Waals surface area contributed by atoms with Gasteiger partial charge in [0.05, 0.1) is 13.2 Å². The van der Waals surface area contributed by atoms with Crippen LogP contribution < -0.4 is 16.0 Å². The number of rotatable bonds is 4. The van der Waals surface area contributed by atoms with E-state index < -0.39 is 0 Å². The van der Waals surface area contributed by atoms with Gasteiger partial charge < -0.3 is 9.47 Å². The van der Waals surface area contributed by atoms with Gasteiger partial charge in [-0.2, -0.15) is 15.0 Å². The van der Waals surface area contributed by atoms with Gasteiger partial charge in [0.15, 0.2) is 0 Å². The molecule has 3 N–H and O–H groups in total. The van der Waals surface area contributed by atoms with Crippen LogP contribution in [-0.2, 0) is 4.74 Å². The summed E-state index contributed by atoms with van der Waals surface area (Å²) in [6, 6.07) is 0.239. The second kappa shape index (κ2) is 5.80. The number of nitrogens with one attached hydrogen (secondary N) is 1. The Kier molecular flexibility index (Phi) is 3.70. The molecule has 0 aromatic carbocycles. The summed E-state index contributed by atoms with van der Waals surface area (Å²) >= 11 is 0. The zero-order chi connectivity index (χ0) is 13.8. The van der Waals surface area contributed by atoms with Crippen LogP contribution in [0, 0.1) is 0 Å². The predicted molar refractivity (Wildman–Crippen MR) is 69.2 cm³/mol. The summed E-state index contributed by atoms with van der Waals surface area (Å²) in [6.07, 6.45) is 6.64. The third-order valence-electron chi connectivity index (χ3n) is 2.91. The van der Waals surface area contributed by atoms with Crippen molar-refractivity contribution in [3.8, 4) is 12.0 Å². The van der Waals surface area contributed by atoms with Gasteiger partial charge in [0.1, 0.15) is 12.4 Å². The molecule has 0 atom stereocenters. The van der Waals surface area contributed by atoms with E-state index in [1.165, 1.54) is 0 Å². The minimum atomic E-state index is 0.0485. The van der Waals surface area contributed by atoms with Gasteiger partial charge in [-0.3, -0.25) is 9.99 Å². The monoisotopic (exact) mass is 277 g/mol. The first-order valence-corrected chi connectivity index (χ1v) is 6.30. The third kappa shape index (κ3) is 2.83. The lowest BCUT2D eigenvalue weighted by Gasteiger charge is -2.22. The highest BCUT2D eigenvalue weighted by Crippen LogP contribution is 2.16. The molecule has 0 unspecified atom stereocenters. The Hall–Kier alpha value is -2.26. The van der Waals surface area contributed by atoms with E-state index in [1.54, 1.807) is 23.3 Å². The number of imidazole rings is 1. The number of nitrogens with zero attached hydrogens (tertiary/aromatic N) is 5. The lowest BCUT2D eigenvalue weighted by molar-refractivity contribution is 0.0217. The summed E-state index contributed by atoms with van der Waals surface area (Å²) in [5, 5.41) is 0. The lowest BCUT2D eigenvalue weighted by atomic mass is 10.2. The smallest absolute Gasteiger partial charge is 0.323 e. The van der Waals surface area contributed by atoms with E-state index in [4.69, 9.17) is 15.3 Å². The number of nitrogen functional groups attached to an aromatic ring is 1. The number of hydrogen-bond donors (Lipinski definition) is 2. The Bertz CT molecular complexity index is 554. The number of nitrogens with two attached hydrogens (primary N) is 1. The fourth-order valence-electron chi connectivity index (χ4n) is 1.90. The van der Waals surface area contributed by atoms with Crippen molar-refractivity contribution in [1.82, 2.24) is 24.5 Å². The summed E-state index contributed by atoms with van der Waals surface area (Å²) < 4.78 is 12.7. The molecule has 1 saturated heterocycles. The highest BCUT2D eigenvalue weighted by atomic mass is 16.5. The van der Waals surface area contributed by atoms with Gasteiger partial charge in [-0.15, -0.1) is 0 Å². The van der Waals surface area contributed by atoms with E-state index in [1.807, 2.05) is 0 Å². The molecular weight excluding hydrogens is 262 g/mol. The molecule has 9 heteroatoms. The van der Waals surface area contributed by atoms with Gasteiger partial charge in [-0.25, -0.2) is 10.8 Å². The Morgan fingerprint density at radius 3 is 2.85 bits per heavy atom. The van der Waals surface area contributed by atoms with Crippen LogP contribution in [0.4, 0.5) is 5.95 Å². The molecule has 0 bridgehead atoms. The van der Waals surface area contributed by atoms with Gasteiger partial charge in [-0.05, 0) is 0 Å². The molecule has 1 aliphatic heterocycles. The van der Waals surface area contributed by atoms with Crippen molar-refractivity contribution in [2.24, 2.45) is 5.84 Å². The van der Waals surface area contributed by atoms with Crippen molar-refractivity contribution in [1.29, 1.82) is 0 Å². The van der Waals surface area contributed by atoms with E-state index in [2.05, 4.69) is 25.4 Å². The van der Waals surface area contributed by atoms with Crippen molar-refractivity contribution in [3.63, 3.8) is 0 Å². The summed E-state index contributed by atoms with van der Waals surface area (Å²) in [7, 11) is 0. The number of hydrazine groups is 1. The van der Waals surface area contributed by atoms with Crippen LogP contribution >= 0.6 is 0 Å². The van der Waals surface area contributed by atoms with Crippen LogP contribution in [0.25, 0.3) is 5.95 Å². The van der Waals surface area contributed by atoms with E-state index in [0.29, 0.717) is 19.2 Å². The summed E-state index contributed by atoms with van der Waals surface area (Å²) in [4.78, 5) is 16.5. The maximum absolute atomic E-state index is 5.76. The van der Waals surface area contributed by atoms with Crippen molar-refractivity contribution in [2.45, 2.75) is 18.9 Å². The molecule has 9 nitrogen and oxygen atoms in total. The van der Waals surface area contributed by atoms with Gasteiger partial charge in [0.25, 0.3) is 0 Å². The Balaban J connectivity index is 1.84. The molecule has 2 aromatic rings. The molecule has 3 rings (SSSR count). The zero-order valence-corrected chi connectivity index (χ0v) is 10.8. The van der Waals surface area contributed by atoms with Crippen molar-refractivity contribution in [3.05, 3.63) is 18.7 Å². The van der Waals surface area contributed by atoms with Crippen molar-refractivity contribution >= 4 is 5.95 Å². The van der Waals surface area contributed by atoms with Crippen LogP contribution in [-0.4, -0.2) is 43.8 Å². The molecule has 1 fully saturated rings. The fourth-order valence-corrected chi connectivity index (χ4v) is 1.90. The average molecular weight is 277 g/mol. The first kappa shape index (κ1) is 12.8. The first-order valence-electron chi connectivity index (χ1n) is 6.30. The SMILES string of the molecule is NNc1nc(OC2CCOCC2)nc(-n2ccnc2)n1. The number of anilines is 1. The maximum atomic E-state index is 5.76. The predicted octanol–water partition coefficient (Wildman–Crippen LogP) is -0.0993. The second-order valence-electron chi connectivity index (χ2n) is 4.29. The first-order chi connectivity index (χ1) is 9.85. The maximum Gasteiger partial charge on any atom is 0.323 e. The number of aromatic nitrogens is 5. The van der Waals surface area contributed by atoms with E-state index in [-0.39, 0.29) is 18.1 Å². The molecule has 0 radical (unpaired) electrons. The summed E-state index contributed by atoms with van der Waals surface area (Å²) in [6.45, 7) is 1.37. The van der Waals surface area contributed by atoms with E-state index >= 15 is 0 Å². The zero-order valence-electron chi connectivity index (χ0n) is 10.8. The highest BCUT2D eigenvalue weighted by Gasteiger charge is 2.18. The van der Waals surface area contributed by atoms with E-state index in [0.717, 1.165) is 12.8 Å². The number of ether oxygens (including phenoxy) is 2. The van der Waals surface area contributed by atoms with Crippen LogP contribution in [0.5, 0.6) is 6.01 Å². The Labute approximate surface area is 115 Å². The van der Waals surface area contributed by atoms with Crippen LogP contribution in [0.3, 0.4) is 0 Å². The van der Waals surface area contributed by atoms with Gasteiger partial charge in [0.2, 0.25) is 11.9 Å².